The summed E-state index contributed by atoms with van der Waals surface area (Å²) in [7, 11) is 0. The van der Waals surface area contributed by atoms with Crippen molar-refractivity contribution in [3.05, 3.63) is 59.9 Å². The van der Waals surface area contributed by atoms with E-state index in [0.717, 1.165) is 29.0 Å². The Labute approximate surface area is 148 Å². The summed E-state index contributed by atoms with van der Waals surface area (Å²) in [6, 6.07) is 14.5. The molecule has 0 radical (unpaired) electrons. The van der Waals surface area contributed by atoms with Crippen LogP contribution in [0.15, 0.2) is 48.7 Å². The molecule has 0 aliphatic carbocycles. The number of rotatable bonds is 6. The lowest BCUT2D eigenvalue weighted by atomic mass is 10.1. The normalized spacial score (nSPS) is 11.2. The van der Waals surface area contributed by atoms with Gasteiger partial charge in [0.05, 0.1) is 17.9 Å². The van der Waals surface area contributed by atoms with E-state index in [1.54, 1.807) is 0 Å². The molecule has 1 aromatic carbocycles. The Morgan fingerprint density at radius 1 is 1.16 bits per heavy atom. The van der Waals surface area contributed by atoms with E-state index in [-0.39, 0.29) is 5.91 Å². The Hall–Kier alpha value is -2.62. The van der Waals surface area contributed by atoms with Crippen LogP contribution in [0.4, 0.5) is 0 Å². The molecular weight excluding hydrogens is 310 g/mol. The summed E-state index contributed by atoms with van der Waals surface area (Å²) in [5.41, 5.74) is 5.22. The summed E-state index contributed by atoms with van der Waals surface area (Å²) >= 11 is 0. The van der Waals surface area contributed by atoms with E-state index < -0.39 is 0 Å². The first-order valence-electron chi connectivity index (χ1n) is 8.90. The van der Waals surface area contributed by atoms with Crippen molar-refractivity contribution < 1.29 is 4.79 Å². The van der Waals surface area contributed by atoms with Gasteiger partial charge in [-0.05, 0) is 30.0 Å². The van der Waals surface area contributed by atoms with Crippen molar-refractivity contribution in [2.45, 2.75) is 40.2 Å². The molecule has 0 atom stereocenters. The molecule has 3 rings (SSSR count). The first kappa shape index (κ1) is 17.2. The molecule has 3 aromatic rings. The minimum Gasteiger partial charge on any atom is -0.350 e. The van der Waals surface area contributed by atoms with Crippen molar-refractivity contribution in [2.24, 2.45) is 5.92 Å². The lowest BCUT2D eigenvalue weighted by Crippen LogP contribution is -2.24. The number of hydrogen-bond donors (Lipinski definition) is 1. The Bertz CT molecular complexity index is 862. The van der Waals surface area contributed by atoms with Crippen molar-refractivity contribution in [2.75, 3.05) is 0 Å². The maximum Gasteiger partial charge on any atom is 0.220 e. The number of aromatic nitrogens is 2. The summed E-state index contributed by atoms with van der Waals surface area (Å²) in [6.07, 6.45) is 3.55. The number of amides is 1. The smallest absolute Gasteiger partial charge is 0.220 e. The van der Waals surface area contributed by atoms with Crippen molar-refractivity contribution in [1.82, 2.24) is 14.7 Å². The Morgan fingerprint density at radius 2 is 1.92 bits per heavy atom. The second kappa shape index (κ2) is 7.51. The maximum atomic E-state index is 12.1. The van der Waals surface area contributed by atoms with Crippen LogP contribution in [0, 0.1) is 5.92 Å². The number of imidazole rings is 1. The van der Waals surface area contributed by atoms with Crippen molar-refractivity contribution >= 4 is 11.6 Å². The molecular formula is C21H25N3O. The standard InChI is InChI=1S/C21H25N3O/c1-4-16-8-10-17(11-9-16)21-18(14-22-20(25)13-15(2)3)24-12-6-5-7-19(24)23-21/h5-12,15H,4,13-14H2,1-3H3,(H,22,25). The van der Waals surface area contributed by atoms with Crippen LogP contribution in [0.3, 0.4) is 0 Å². The number of fused-ring (bicyclic) bond motifs is 1. The fourth-order valence-electron chi connectivity index (χ4n) is 2.97. The average Bonchev–Trinajstić information content (AvgIpc) is 2.98. The predicted octanol–water partition coefficient (Wildman–Crippen LogP) is 4.23. The molecule has 0 fully saturated rings. The van der Waals surface area contributed by atoms with Crippen LogP contribution < -0.4 is 5.32 Å². The number of nitrogens with zero attached hydrogens (tertiary/aromatic N) is 2. The van der Waals surface area contributed by atoms with E-state index >= 15 is 0 Å². The molecule has 0 bridgehead atoms. The monoisotopic (exact) mass is 335 g/mol. The van der Waals surface area contributed by atoms with Crippen LogP contribution >= 0.6 is 0 Å². The third-order valence-corrected chi connectivity index (χ3v) is 4.31. The summed E-state index contributed by atoms with van der Waals surface area (Å²) < 4.78 is 2.05. The fraction of sp³-hybridized carbons (Fsp3) is 0.333. The number of pyridine rings is 1. The van der Waals surface area contributed by atoms with Gasteiger partial charge in [-0.2, -0.15) is 0 Å². The summed E-state index contributed by atoms with van der Waals surface area (Å²) in [5.74, 6) is 0.427. The van der Waals surface area contributed by atoms with E-state index in [1.807, 2.05) is 24.4 Å². The molecule has 2 heterocycles. The average molecular weight is 335 g/mol. The number of nitrogens with one attached hydrogen (secondary N) is 1. The Kier molecular flexibility index (Phi) is 5.17. The van der Waals surface area contributed by atoms with Gasteiger partial charge in [0, 0.05) is 18.2 Å². The van der Waals surface area contributed by atoms with Gasteiger partial charge in [-0.25, -0.2) is 4.98 Å². The van der Waals surface area contributed by atoms with Gasteiger partial charge in [-0.3, -0.25) is 4.79 Å². The van der Waals surface area contributed by atoms with Gasteiger partial charge in [-0.15, -0.1) is 0 Å². The number of carbonyl (C=O) groups excluding carboxylic acids is 1. The molecule has 1 amide bonds. The zero-order valence-electron chi connectivity index (χ0n) is 15.1. The highest BCUT2D eigenvalue weighted by Gasteiger charge is 2.15. The summed E-state index contributed by atoms with van der Waals surface area (Å²) in [6.45, 7) is 6.72. The first-order valence-corrected chi connectivity index (χ1v) is 8.90. The van der Waals surface area contributed by atoms with Gasteiger partial charge in [0.25, 0.3) is 0 Å². The van der Waals surface area contributed by atoms with Gasteiger partial charge >= 0.3 is 0 Å². The lowest BCUT2D eigenvalue weighted by molar-refractivity contribution is -0.121. The number of carbonyl (C=O) groups is 1. The topological polar surface area (TPSA) is 46.4 Å². The summed E-state index contributed by atoms with van der Waals surface area (Å²) in [5, 5.41) is 3.04. The van der Waals surface area contributed by atoms with Crippen molar-refractivity contribution in [3.63, 3.8) is 0 Å². The Balaban J connectivity index is 1.95. The molecule has 4 nitrogen and oxygen atoms in total. The number of aryl methyl sites for hydroxylation is 1. The zero-order chi connectivity index (χ0) is 17.8. The van der Waals surface area contributed by atoms with Gasteiger partial charge in [0.2, 0.25) is 5.91 Å². The van der Waals surface area contributed by atoms with E-state index in [4.69, 9.17) is 4.98 Å². The Morgan fingerprint density at radius 3 is 2.60 bits per heavy atom. The highest BCUT2D eigenvalue weighted by molar-refractivity contribution is 5.76. The largest absolute Gasteiger partial charge is 0.350 e. The second-order valence-corrected chi connectivity index (χ2v) is 6.76. The minimum atomic E-state index is 0.0770. The molecule has 0 aliphatic rings. The van der Waals surface area contributed by atoms with Gasteiger partial charge in [0.15, 0.2) is 0 Å². The SMILES string of the molecule is CCc1ccc(-c2nc3ccccn3c2CNC(=O)CC(C)C)cc1. The van der Waals surface area contributed by atoms with Crippen LogP contribution in [0.2, 0.25) is 0 Å². The molecule has 4 heteroatoms. The third kappa shape index (κ3) is 3.90. The van der Waals surface area contributed by atoms with Crippen LogP contribution in [-0.2, 0) is 17.8 Å². The van der Waals surface area contributed by atoms with E-state index in [9.17, 15) is 4.79 Å². The van der Waals surface area contributed by atoms with E-state index in [0.29, 0.717) is 18.9 Å². The molecule has 0 saturated carbocycles. The third-order valence-electron chi connectivity index (χ3n) is 4.31. The van der Waals surface area contributed by atoms with Crippen LogP contribution in [0.25, 0.3) is 16.9 Å². The van der Waals surface area contributed by atoms with Gasteiger partial charge < -0.3 is 9.72 Å². The molecule has 2 aromatic heterocycles. The molecule has 0 unspecified atom stereocenters. The highest BCUT2D eigenvalue weighted by Crippen LogP contribution is 2.25. The fourth-order valence-corrected chi connectivity index (χ4v) is 2.97. The molecule has 0 aliphatic heterocycles. The van der Waals surface area contributed by atoms with Crippen LogP contribution in [-0.4, -0.2) is 15.3 Å². The van der Waals surface area contributed by atoms with Gasteiger partial charge in [-0.1, -0.05) is 51.1 Å². The quantitative estimate of drug-likeness (QED) is 0.733. The summed E-state index contributed by atoms with van der Waals surface area (Å²) in [4.78, 5) is 16.9. The first-order chi connectivity index (χ1) is 12.1. The van der Waals surface area contributed by atoms with Gasteiger partial charge in [0.1, 0.15) is 5.65 Å². The highest BCUT2D eigenvalue weighted by atomic mass is 16.1. The van der Waals surface area contributed by atoms with Crippen LogP contribution in [0.5, 0.6) is 0 Å². The van der Waals surface area contributed by atoms with Crippen LogP contribution in [0.1, 0.15) is 38.4 Å². The van der Waals surface area contributed by atoms with Crippen molar-refractivity contribution in [1.29, 1.82) is 0 Å². The number of benzene rings is 1. The van der Waals surface area contributed by atoms with Crippen molar-refractivity contribution in [3.8, 4) is 11.3 Å². The van der Waals surface area contributed by atoms with E-state index in [1.165, 1.54) is 5.56 Å². The zero-order valence-corrected chi connectivity index (χ0v) is 15.1. The number of hydrogen-bond acceptors (Lipinski definition) is 2. The molecule has 130 valence electrons. The molecule has 1 N–H and O–H groups in total. The molecule has 0 saturated heterocycles. The maximum absolute atomic E-state index is 12.1. The van der Waals surface area contributed by atoms with E-state index in [2.05, 4.69) is 54.8 Å². The molecule has 0 spiro atoms. The second-order valence-electron chi connectivity index (χ2n) is 6.76. The minimum absolute atomic E-state index is 0.0770. The predicted molar refractivity (Wildman–Crippen MR) is 101 cm³/mol. The molecule has 25 heavy (non-hydrogen) atoms. The lowest BCUT2D eigenvalue weighted by Gasteiger charge is -2.09.